The van der Waals surface area contributed by atoms with E-state index >= 15 is 0 Å². The van der Waals surface area contributed by atoms with Crippen LogP contribution in [0.5, 0.6) is 0 Å². The fourth-order valence-corrected chi connectivity index (χ4v) is 3.30. The lowest BCUT2D eigenvalue weighted by atomic mass is 9.93. The average molecular weight is 390 g/mol. The summed E-state index contributed by atoms with van der Waals surface area (Å²) in [5, 5.41) is 19.1. The predicted molar refractivity (Wildman–Crippen MR) is 104 cm³/mol. The van der Waals surface area contributed by atoms with Gasteiger partial charge in [0.1, 0.15) is 0 Å². The van der Waals surface area contributed by atoms with Gasteiger partial charge in [-0.25, -0.2) is 9.59 Å². The highest BCUT2D eigenvalue weighted by molar-refractivity contribution is 5.96. The molecule has 8 heteroatoms. The van der Waals surface area contributed by atoms with E-state index in [1.807, 2.05) is 4.90 Å². The number of benzene rings is 1. The summed E-state index contributed by atoms with van der Waals surface area (Å²) >= 11 is 0. The number of anilines is 1. The summed E-state index contributed by atoms with van der Waals surface area (Å²) in [5.41, 5.74) is 5.28. The molecular weight excluding hydrogens is 364 g/mol. The Kier molecular flexibility index (Phi) is 8.16. The number of carbonyl (C=O) groups excluding carboxylic acids is 1. The van der Waals surface area contributed by atoms with Crippen LogP contribution in [0.3, 0.4) is 0 Å². The van der Waals surface area contributed by atoms with E-state index in [4.69, 9.17) is 14.9 Å². The first kappa shape index (κ1) is 21.6. The van der Waals surface area contributed by atoms with E-state index in [-0.39, 0.29) is 5.91 Å². The van der Waals surface area contributed by atoms with E-state index in [9.17, 15) is 14.4 Å². The molecule has 0 fully saturated rings. The van der Waals surface area contributed by atoms with Crippen LogP contribution in [0.15, 0.2) is 24.3 Å². The monoisotopic (exact) mass is 390 g/mol. The lowest BCUT2D eigenvalue weighted by molar-refractivity contribution is -0.134. The average Bonchev–Trinajstić information content (AvgIpc) is 2.89. The Hall–Kier alpha value is -2.71. The number of carboxylic acids is 2. The molecule has 152 valence electrons. The standard InChI is InChI=1S/C16H22N2O2.C4H4O4/c1-20-9-8-18-15-11-13-5-7-17-6-4-12(13)10-14(15)2-3-16(18)19;5-3(6)1-2-4(7)8/h10-11,17H,2-9H2,1H3;1-2H,(H,5,6)(H,7,8)/b;2-1+. The summed E-state index contributed by atoms with van der Waals surface area (Å²) in [5.74, 6) is -2.29. The number of hydrogen-bond acceptors (Lipinski definition) is 5. The summed E-state index contributed by atoms with van der Waals surface area (Å²) in [6, 6.07) is 4.56. The Morgan fingerprint density at radius 3 is 2.21 bits per heavy atom. The molecule has 0 saturated heterocycles. The number of nitrogens with zero attached hydrogens (tertiary/aromatic N) is 1. The number of nitrogens with one attached hydrogen (secondary N) is 1. The molecule has 3 N–H and O–H groups in total. The molecule has 0 aliphatic carbocycles. The molecule has 0 radical (unpaired) electrons. The third-order valence-electron chi connectivity index (χ3n) is 4.63. The van der Waals surface area contributed by atoms with Gasteiger partial charge in [-0.05, 0) is 55.1 Å². The van der Waals surface area contributed by atoms with Crippen molar-refractivity contribution in [3.05, 3.63) is 41.0 Å². The largest absolute Gasteiger partial charge is 0.478 e. The molecule has 1 aromatic rings. The van der Waals surface area contributed by atoms with Gasteiger partial charge in [0.2, 0.25) is 5.91 Å². The Morgan fingerprint density at radius 1 is 1.04 bits per heavy atom. The van der Waals surface area contributed by atoms with Crippen LogP contribution in [0, 0.1) is 0 Å². The number of carboxylic acid groups (broad SMARTS) is 2. The summed E-state index contributed by atoms with van der Waals surface area (Å²) in [6.45, 7) is 3.32. The van der Waals surface area contributed by atoms with Gasteiger partial charge in [-0.15, -0.1) is 0 Å². The third kappa shape index (κ3) is 6.17. The molecule has 0 spiro atoms. The number of carbonyl (C=O) groups is 3. The minimum absolute atomic E-state index is 0.223. The second-order valence-corrected chi connectivity index (χ2v) is 6.55. The zero-order valence-electron chi connectivity index (χ0n) is 15.9. The van der Waals surface area contributed by atoms with Gasteiger partial charge < -0.3 is 25.2 Å². The van der Waals surface area contributed by atoms with Gasteiger partial charge in [0.05, 0.1) is 6.61 Å². The molecule has 0 unspecified atom stereocenters. The van der Waals surface area contributed by atoms with Crippen LogP contribution in [0.25, 0.3) is 0 Å². The number of rotatable bonds is 5. The van der Waals surface area contributed by atoms with Crippen LogP contribution in [-0.2, 0) is 38.4 Å². The third-order valence-corrected chi connectivity index (χ3v) is 4.63. The molecule has 2 aliphatic rings. The maximum absolute atomic E-state index is 12.2. The molecule has 8 nitrogen and oxygen atoms in total. The number of hydrogen-bond donors (Lipinski definition) is 3. The van der Waals surface area contributed by atoms with Crippen LogP contribution in [0.1, 0.15) is 23.1 Å². The molecule has 0 bridgehead atoms. The van der Waals surface area contributed by atoms with Crippen molar-refractivity contribution in [2.45, 2.75) is 25.7 Å². The molecule has 0 saturated carbocycles. The highest BCUT2D eigenvalue weighted by Gasteiger charge is 2.25. The highest BCUT2D eigenvalue weighted by atomic mass is 16.5. The van der Waals surface area contributed by atoms with Crippen molar-refractivity contribution < 1.29 is 29.3 Å². The van der Waals surface area contributed by atoms with Crippen molar-refractivity contribution in [1.82, 2.24) is 5.32 Å². The SMILES string of the molecule is COCCN1C(=O)CCc2cc3c(cc21)CCNCC3.O=C(O)/C=C/C(=O)O. The maximum atomic E-state index is 12.2. The number of aliphatic carboxylic acids is 2. The van der Waals surface area contributed by atoms with Crippen LogP contribution in [-0.4, -0.2) is 61.4 Å². The second kappa shape index (κ2) is 10.6. The van der Waals surface area contributed by atoms with Crippen molar-refractivity contribution >= 4 is 23.5 Å². The number of aryl methyl sites for hydroxylation is 1. The van der Waals surface area contributed by atoms with Gasteiger partial charge in [-0.3, -0.25) is 4.79 Å². The van der Waals surface area contributed by atoms with Gasteiger partial charge >= 0.3 is 11.9 Å². The zero-order chi connectivity index (χ0) is 20.5. The fraction of sp³-hybridized carbons (Fsp3) is 0.450. The van der Waals surface area contributed by atoms with Crippen LogP contribution in [0.2, 0.25) is 0 Å². The van der Waals surface area contributed by atoms with Crippen molar-refractivity contribution in [2.75, 3.05) is 38.3 Å². The van der Waals surface area contributed by atoms with Gasteiger partial charge in [0.15, 0.2) is 0 Å². The minimum Gasteiger partial charge on any atom is -0.478 e. The molecule has 3 rings (SSSR count). The first-order valence-electron chi connectivity index (χ1n) is 9.21. The maximum Gasteiger partial charge on any atom is 0.328 e. The topological polar surface area (TPSA) is 116 Å². The Balaban J connectivity index is 0.000000300. The van der Waals surface area contributed by atoms with Crippen LogP contribution < -0.4 is 10.2 Å². The smallest absolute Gasteiger partial charge is 0.328 e. The van der Waals surface area contributed by atoms with E-state index < -0.39 is 11.9 Å². The lowest BCUT2D eigenvalue weighted by Gasteiger charge is -2.30. The van der Waals surface area contributed by atoms with Crippen molar-refractivity contribution in [1.29, 1.82) is 0 Å². The fourth-order valence-electron chi connectivity index (χ4n) is 3.30. The quantitative estimate of drug-likeness (QED) is 0.643. The lowest BCUT2D eigenvalue weighted by Crippen LogP contribution is -2.37. The highest BCUT2D eigenvalue weighted by Crippen LogP contribution is 2.31. The number of methoxy groups -OCH3 is 1. The van der Waals surface area contributed by atoms with Crippen LogP contribution in [0.4, 0.5) is 5.69 Å². The minimum atomic E-state index is -1.26. The molecule has 2 heterocycles. The number of amides is 1. The summed E-state index contributed by atoms with van der Waals surface area (Å²) < 4.78 is 5.14. The normalized spacial score (nSPS) is 15.9. The van der Waals surface area contributed by atoms with E-state index in [1.165, 1.54) is 16.7 Å². The van der Waals surface area contributed by atoms with E-state index in [0.29, 0.717) is 31.7 Å². The predicted octanol–water partition coefficient (Wildman–Crippen LogP) is 1.01. The summed E-state index contributed by atoms with van der Waals surface area (Å²) in [7, 11) is 1.68. The Labute approximate surface area is 163 Å². The van der Waals surface area contributed by atoms with Crippen molar-refractivity contribution in [3.8, 4) is 0 Å². The van der Waals surface area contributed by atoms with Gasteiger partial charge in [0.25, 0.3) is 0 Å². The van der Waals surface area contributed by atoms with Crippen molar-refractivity contribution in [2.24, 2.45) is 0 Å². The summed E-state index contributed by atoms with van der Waals surface area (Å²) in [6.07, 6.45) is 4.75. The van der Waals surface area contributed by atoms with Gasteiger partial charge in [0, 0.05) is 37.9 Å². The van der Waals surface area contributed by atoms with Crippen LogP contribution >= 0.6 is 0 Å². The molecule has 2 aliphatic heterocycles. The molecule has 28 heavy (non-hydrogen) atoms. The van der Waals surface area contributed by atoms with Gasteiger partial charge in [-0.1, -0.05) is 6.07 Å². The molecule has 1 amide bonds. The first-order valence-corrected chi connectivity index (χ1v) is 9.21. The van der Waals surface area contributed by atoms with E-state index in [2.05, 4.69) is 17.4 Å². The number of fused-ring (bicyclic) bond motifs is 2. The van der Waals surface area contributed by atoms with E-state index in [0.717, 1.165) is 38.0 Å². The van der Waals surface area contributed by atoms with Gasteiger partial charge in [-0.2, -0.15) is 0 Å². The van der Waals surface area contributed by atoms with Crippen molar-refractivity contribution in [3.63, 3.8) is 0 Å². The molecule has 0 aromatic heterocycles. The summed E-state index contributed by atoms with van der Waals surface area (Å²) in [4.78, 5) is 33.2. The molecule has 0 atom stereocenters. The first-order chi connectivity index (χ1) is 13.4. The Morgan fingerprint density at radius 2 is 1.64 bits per heavy atom. The molecule has 1 aromatic carbocycles. The molecular formula is C20H26N2O6. The van der Waals surface area contributed by atoms with E-state index in [1.54, 1.807) is 7.11 Å². The zero-order valence-corrected chi connectivity index (χ0v) is 15.9. The Bertz CT molecular complexity index is 743. The second-order valence-electron chi connectivity index (χ2n) is 6.55. The number of ether oxygens (including phenoxy) is 1.